The second kappa shape index (κ2) is 9.26. The molecule has 2 heterocycles. The van der Waals surface area contributed by atoms with Gasteiger partial charge in [0.05, 0.1) is 6.10 Å². The van der Waals surface area contributed by atoms with Crippen LogP contribution in [0.1, 0.15) is 35.2 Å². The molecular formula is C23H26FN3O3. The molecule has 4 rings (SSSR count). The number of carbonyl (C=O) groups is 2. The van der Waals surface area contributed by atoms with Crippen LogP contribution in [0.15, 0.2) is 48.5 Å². The summed E-state index contributed by atoms with van der Waals surface area (Å²) in [4.78, 5) is 29.0. The second-order valence-corrected chi connectivity index (χ2v) is 7.73. The molecule has 0 spiro atoms. The monoisotopic (exact) mass is 411 g/mol. The lowest BCUT2D eigenvalue weighted by molar-refractivity contribution is 0.0857. The number of benzene rings is 2. The first kappa shape index (κ1) is 20.3. The summed E-state index contributed by atoms with van der Waals surface area (Å²) < 4.78 is 18.7. The molecule has 7 heteroatoms. The molecule has 0 saturated carbocycles. The van der Waals surface area contributed by atoms with E-state index in [2.05, 4.69) is 5.32 Å². The van der Waals surface area contributed by atoms with Gasteiger partial charge in [-0.05, 0) is 55.2 Å². The van der Waals surface area contributed by atoms with Gasteiger partial charge in [0.2, 0.25) is 0 Å². The van der Waals surface area contributed by atoms with Gasteiger partial charge in [-0.3, -0.25) is 9.69 Å². The Labute approximate surface area is 175 Å². The van der Waals surface area contributed by atoms with E-state index >= 15 is 0 Å². The Bertz CT molecular complexity index is 897. The zero-order valence-electron chi connectivity index (χ0n) is 16.9. The summed E-state index contributed by atoms with van der Waals surface area (Å²) in [6.45, 7) is 2.92. The lowest BCUT2D eigenvalue weighted by Crippen LogP contribution is -2.49. The molecule has 0 radical (unpaired) electrons. The minimum atomic E-state index is -0.292. The number of nitrogens with zero attached hydrogens (tertiary/aromatic N) is 2. The standard InChI is InChI=1S/C23H26FN3O3/c24-19-9-7-17(8-10-19)16-26-11-3-12-27(23(26)29)20-5-1-4-18(14-20)22(28)25-15-21-6-2-13-30-21/h1,4-5,7-10,14,21H,2-3,6,11-13,15-16H2,(H,25,28). The van der Waals surface area contributed by atoms with E-state index in [1.807, 2.05) is 6.07 Å². The zero-order valence-corrected chi connectivity index (χ0v) is 16.9. The van der Waals surface area contributed by atoms with Gasteiger partial charge in [0, 0.05) is 44.0 Å². The van der Waals surface area contributed by atoms with Crippen LogP contribution in [-0.2, 0) is 11.3 Å². The first-order chi connectivity index (χ1) is 14.6. The van der Waals surface area contributed by atoms with Crippen LogP contribution in [0.4, 0.5) is 14.9 Å². The van der Waals surface area contributed by atoms with Crippen molar-refractivity contribution in [2.45, 2.75) is 31.9 Å². The SMILES string of the molecule is O=C(NCC1CCCO1)c1cccc(N2CCCN(Cc3ccc(F)cc3)C2=O)c1. The number of urea groups is 1. The molecular weight excluding hydrogens is 385 g/mol. The van der Waals surface area contributed by atoms with Crippen molar-refractivity contribution in [2.24, 2.45) is 0 Å². The minimum absolute atomic E-state index is 0.0841. The van der Waals surface area contributed by atoms with Crippen molar-refractivity contribution in [3.05, 3.63) is 65.5 Å². The Morgan fingerprint density at radius 1 is 1.13 bits per heavy atom. The van der Waals surface area contributed by atoms with E-state index in [0.717, 1.165) is 31.4 Å². The fourth-order valence-corrected chi connectivity index (χ4v) is 3.91. The summed E-state index contributed by atoms with van der Waals surface area (Å²) in [6.07, 6.45) is 2.90. The van der Waals surface area contributed by atoms with E-state index < -0.39 is 0 Å². The molecule has 1 unspecified atom stereocenters. The number of halogens is 1. The topological polar surface area (TPSA) is 61.9 Å². The largest absolute Gasteiger partial charge is 0.376 e. The molecule has 158 valence electrons. The first-order valence-electron chi connectivity index (χ1n) is 10.4. The number of anilines is 1. The maximum atomic E-state index is 13.1. The van der Waals surface area contributed by atoms with Gasteiger partial charge in [-0.15, -0.1) is 0 Å². The maximum absolute atomic E-state index is 13.1. The zero-order chi connectivity index (χ0) is 20.9. The molecule has 6 nitrogen and oxygen atoms in total. The highest BCUT2D eigenvalue weighted by Crippen LogP contribution is 2.23. The van der Waals surface area contributed by atoms with Crippen molar-refractivity contribution in [1.29, 1.82) is 0 Å². The van der Waals surface area contributed by atoms with E-state index in [1.54, 1.807) is 40.1 Å². The molecule has 2 aliphatic heterocycles. The highest BCUT2D eigenvalue weighted by atomic mass is 19.1. The summed E-state index contributed by atoms with van der Waals surface area (Å²) in [5.41, 5.74) is 2.11. The summed E-state index contributed by atoms with van der Waals surface area (Å²) in [5, 5.41) is 2.92. The molecule has 1 N–H and O–H groups in total. The summed E-state index contributed by atoms with van der Waals surface area (Å²) in [5.74, 6) is -0.458. The lowest BCUT2D eigenvalue weighted by Gasteiger charge is -2.35. The van der Waals surface area contributed by atoms with Gasteiger partial charge in [-0.25, -0.2) is 9.18 Å². The third kappa shape index (κ3) is 4.79. The predicted octanol–water partition coefficient (Wildman–Crippen LogP) is 3.57. The lowest BCUT2D eigenvalue weighted by atomic mass is 10.1. The fraction of sp³-hybridized carbons (Fsp3) is 0.391. The molecule has 0 aromatic heterocycles. The smallest absolute Gasteiger partial charge is 0.324 e. The Morgan fingerprint density at radius 2 is 1.97 bits per heavy atom. The van der Waals surface area contributed by atoms with Crippen molar-refractivity contribution in [3.63, 3.8) is 0 Å². The summed E-state index contributed by atoms with van der Waals surface area (Å²) in [7, 11) is 0. The third-order valence-corrected chi connectivity index (χ3v) is 5.53. The Morgan fingerprint density at radius 3 is 2.73 bits per heavy atom. The quantitative estimate of drug-likeness (QED) is 0.791. The van der Waals surface area contributed by atoms with Crippen molar-refractivity contribution in [1.82, 2.24) is 10.2 Å². The number of amides is 3. The van der Waals surface area contributed by atoms with E-state index in [-0.39, 0.29) is 23.9 Å². The van der Waals surface area contributed by atoms with Gasteiger partial charge in [0.15, 0.2) is 0 Å². The fourth-order valence-electron chi connectivity index (χ4n) is 3.91. The number of nitrogens with one attached hydrogen (secondary N) is 1. The normalized spacial score (nSPS) is 19.2. The first-order valence-corrected chi connectivity index (χ1v) is 10.4. The van der Waals surface area contributed by atoms with E-state index in [9.17, 15) is 14.0 Å². The highest BCUT2D eigenvalue weighted by Gasteiger charge is 2.27. The molecule has 2 aromatic rings. The number of hydrogen-bond donors (Lipinski definition) is 1. The van der Waals surface area contributed by atoms with Crippen LogP contribution in [0.2, 0.25) is 0 Å². The number of hydrogen-bond acceptors (Lipinski definition) is 3. The van der Waals surface area contributed by atoms with Crippen LogP contribution in [-0.4, -0.2) is 49.2 Å². The average molecular weight is 411 g/mol. The molecule has 2 saturated heterocycles. The van der Waals surface area contributed by atoms with Crippen LogP contribution >= 0.6 is 0 Å². The summed E-state index contributed by atoms with van der Waals surface area (Å²) >= 11 is 0. The molecule has 1 atom stereocenters. The van der Waals surface area contributed by atoms with Crippen LogP contribution in [0.5, 0.6) is 0 Å². The number of ether oxygens (including phenoxy) is 1. The van der Waals surface area contributed by atoms with E-state index in [4.69, 9.17) is 4.74 Å². The van der Waals surface area contributed by atoms with Crippen molar-refractivity contribution >= 4 is 17.6 Å². The molecule has 0 bridgehead atoms. The minimum Gasteiger partial charge on any atom is -0.376 e. The van der Waals surface area contributed by atoms with Gasteiger partial charge >= 0.3 is 6.03 Å². The van der Waals surface area contributed by atoms with Gasteiger partial charge < -0.3 is 15.0 Å². The Hall–Kier alpha value is -2.93. The van der Waals surface area contributed by atoms with Crippen LogP contribution in [0, 0.1) is 5.82 Å². The Kier molecular flexibility index (Phi) is 6.28. The maximum Gasteiger partial charge on any atom is 0.324 e. The molecule has 2 fully saturated rings. The molecule has 3 amide bonds. The molecule has 30 heavy (non-hydrogen) atoms. The highest BCUT2D eigenvalue weighted by molar-refractivity contribution is 5.98. The molecule has 2 aromatic carbocycles. The number of carbonyl (C=O) groups excluding carboxylic acids is 2. The van der Waals surface area contributed by atoms with Crippen molar-refractivity contribution in [2.75, 3.05) is 31.1 Å². The summed E-state index contributed by atoms with van der Waals surface area (Å²) in [6, 6.07) is 13.2. The average Bonchev–Trinajstić information content (AvgIpc) is 3.29. The van der Waals surface area contributed by atoms with Crippen LogP contribution in [0.25, 0.3) is 0 Å². The predicted molar refractivity (Wildman–Crippen MR) is 112 cm³/mol. The van der Waals surface area contributed by atoms with E-state index in [1.165, 1.54) is 12.1 Å². The van der Waals surface area contributed by atoms with Gasteiger partial charge in [0.1, 0.15) is 5.82 Å². The van der Waals surface area contributed by atoms with Crippen LogP contribution in [0.3, 0.4) is 0 Å². The molecule has 2 aliphatic rings. The molecule has 0 aliphatic carbocycles. The third-order valence-electron chi connectivity index (χ3n) is 5.53. The van der Waals surface area contributed by atoms with Gasteiger partial charge in [0.25, 0.3) is 5.91 Å². The van der Waals surface area contributed by atoms with Crippen LogP contribution < -0.4 is 10.2 Å². The van der Waals surface area contributed by atoms with Crippen molar-refractivity contribution < 1.29 is 18.7 Å². The van der Waals surface area contributed by atoms with Gasteiger partial charge in [-0.2, -0.15) is 0 Å². The van der Waals surface area contributed by atoms with E-state index in [0.29, 0.717) is 37.4 Å². The van der Waals surface area contributed by atoms with Gasteiger partial charge in [-0.1, -0.05) is 18.2 Å². The second-order valence-electron chi connectivity index (χ2n) is 7.73. The number of rotatable bonds is 6. The van der Waals surface area contributed by atoms with Crippen molar-refractivity contribution in [3.8, 4) is 0 Å². The Balaban J connectivity index is 1.42.